The molecule has 0 unspecified atom stereocenters. The maximum atomic E-state index is 10.9. The molecule has 0 aliphatic rings. The molecule has 0 spiro atoms. The molecule has 27 heavy (non-hydrogen) atoms. The van der Waals surface area contributed by atoms with Gasteiger partial charge in [-0.25, -0.2) is 9.50 Å². The minimum absolute atomic E-state index is 0.0159. The van der Waals surface area contributed by atoms with Gasteiger partial charge in [-0.2, -0.15) is 5.10 Å². The maximum absolute atomic E-state index is 10.9. The number of nitrogens with one attached hydrogen (secondary N) is 1. The van der Waals surface area contributed by atoms with E-state index in [1.807, 2.05) is 36.4 Å². The Labute approximate surface area is 154 Å². The fourth-order valence-electron chi connectivity index (χ4n) is 2.72. The number of imidazole rings is 1. The number of anilines is 2. The second kappa shape index (κ2) is 6.75. The van der Waals surface area contributed by atoms with Gasteiger partial charge in [0.15, 0.2) is 11.5 Å². The fourth-order valence-corrected chi connectivity index (χ4v) is 2.72. The summed E-state index contributed by atoms with van der Waals surface area (Å²) in [6.07, 6.45) is 1.73. The molecule has 0 amide bonds. The van der Waals surface area contributed by atoms with Crippen molar-refractivity contribution >= 4 is 22.8 Å². The molecule has 0 saturated carbocycles. The molecule has 2 aromatic heterocycles. The number of aromatic nitrogens is 3. The van der Waals surface area contributed by atoms with Crippen LogP contribution in [0.5, 0.6) is 5.75 Å². The highest BCUT2D eigenvalue weighted by Crippen LogP contribution is 2.24. The van der Waals surface area contributed by atoms with E-state index in [4.69, 9.17) is 4.74 Å². The molecule has 2 heterocycles. The lowest BCUT2D eigenvalue weighted by Gasteiger charge is -2.04. The Morgan fingerprint density at radius 2 is 1.96 bits per heavy atom. The van der Waals surface area contributed by atoms with E-state index in [2.05, 4.69) is 15.4 Å². The van der Waals surface area contributed by atoms with Crippen molar-refractivity contribution in [2.75, 3.05) is 12.4 Å². The van der Waals surface area contributed by atoms with E-state index in [1.165, 1.54) is 12.1 Å². The van der Waals surface area contributed by atoms with Crippen molar-refractivity contribution in [1.29, 1.82) is 0 Å². The summed E-state index contributed by atoms with van der Waals surface area (Å²) in [6, 6.07) is 17.7. The van der Waals surface area contributed by atoms with E-state index >= 15 is 0 Å². The number of fused-ring (bicyclic) bond motifs is 1. The molecule has 8 nitrogen and oxygen atoms in total. The topological polar surface area (TPSA) is 94.6 Å². The number of nitro groups is 1. The molecular weight excluding hydrogens is 346 g/mol. The molecule has 0 bridgehead atoms. The van der Waals surface area contributed by atoms with Gasteiger partial charge in [0.25, 0.3) is 5.69 Å². The van der Waals surface area contributed by atoms with Gasteiger partial charge in [0, 0.05) is 23.4 Å². The van der Waals surface area contributed by atoms with Gasteiger partial charge in [-0.1, -0.05) is 18.2 Å². The number of hydrogen-bond donors (Lipinski definition) is 1. The number of methoxy groups -OCH3 is 1. The number of nitrogens with zero attached hydrogens (tertiary/aromatic N) is 4. The fraction of sp³-hybridized carbons (Fsp3) is 0.0526. The average Bonchev–Trinajstić information content (AvgIpc) is 3.09. The van der Waals surface area contributed by atoms with E-state index in [1.54, 1.807) is 30.0 Å². The minimum atomic E-state index is -0.434. The first kappa shape index (κ1) is 16.5. The van der Waals surface area contributed by atoms with Crippen molar-refractivity contribution in [2.24, 2.45) is 0 Å². The number of rotatable bonds is 5. The molecule has 0 radical (unpaired) electrons. The lowest BCUT2D eigenvalue weighted by molar-refractivity contribution is -0.384. The highest BCUT2D eigenvalue weighted by Gasteiger charge is 2.09. The van der Waals surface area contributed by atoms with Crippen molar-refractivity contribution in [3.05, 3.63) is 77.0 Å². The van der Waals surface area contributed by atoms with E-state index in [0.29, 0.717) is 17.2 Å². The Morgan fingerprint density at radius 1 is 1.11 bits per heavy atom. The molecule has 8 heteroatoms. The summed E-state index contributed by atoms with van der Waals surface area (Å²) in [5.41, 5.74) is 2.97. The van der Waals surface area contributed by atoms with Crippen LogP contribution in [0.4, 0.5) is 17.2 Å². The standard InChI is InChI=1S/C19H15N5O3/c1-27-16-7-2-4-13(10-16)17-8-9-19-21-18(12-23(19)22-17)20-14-5-3-6-15(11-14)24(25)26/h2-12,20H,1H3. The van der Waals surface area contributed by atoms with Gasteiger partial charge in [-0.05, 0) is 30.3 Å². The van der Waals surface area contributed by atoms with Crippen LogP contribution in [0.1, 0.15) is 0 Å². The van der Waals surface area contributed by atoms with Crippen molar-refractivity contribution in [1.82, 2.24) is 14.6 Å². The Hall–Kier alpha value is -3.94. The summed E-state index contributed by atoms with van der Waals surface area (Å²) in [7, 11) is 1.62. The minimum Gasteiger partial charge on any atom is -0.497 e. The van der Waals surface area contributed by atoms with Crippen LogP contribution >= 0.6 is 0 Å². The van der Waals surface area contributed by atoms with Gasteiger partial charge in [0.05, 0.1) is 23.9 Å². The van der Waals surface area contributed by atoms with Crippen LogP contribution in [0.2, 0.25) is 0 Å². The van der Waals surface area contributed by atoms with E-state index in [9.17, 15) is 10.1 Å². The van der Waals surface area contributed by atoms with Gasteiger partial charge >= 0.3 is 0 Å². The van der Waals surface area contributed by atoms with Crippen LogP contribution in [-0.4, -0.2) is 26.6 Å². The Bertz CT molecular complexity index is 1140. The van der Waals surface area contributed by atoms with Gasteiger partial charge in [-0.15, -0.1) is 0 Å². The van der Waals surface area contributed by atoms with Crippen LogP contribution in [-0.2, 0) is 0 Å². The Morgan fingerprint density at radius 3 is 2.78 bits per heavy atom. The molecular formula is C19H15N5O3. The van der Waals surface area contributed by atoms with Crippen molar-refractivity contribution < 1.29 is 9.66 Å². The average molecular weight is 361 g/mol. The summed E-state index contributed by atoms with van der Waals surface area (Å²) in [5.74, 6) is 1.30. The lowest BCUT2D eigenvalue weighted by atomic mass is 10.1. The molecule has 2 aromatic carbocycles. The zero-order valence-electron chi connectivity index (χ0n) is 14.4. The van der Waals surface area contributed by atoms with Crippen molar-refractivity contribution in [3.63, 3.8) is 0 Å². The summed E-state index contributed by atoms with van der Waals surface area (Å²) >= 11 is 0. The molecule has 0 saturated heterocycles. The molecule has 1 N–H and O–H groups in total. The lowest BCUT2D eigenvalue weighted by Crippen LogP contribution is -1.93. The third kappa shape index (κ3) is 3.40. The first-order chi connectivity index (χ1) is 13.1. The van der Waals surface area contributed by atoms with E-state index < -0.39 is 4.92 Å². The zero-order valence-corrected chi connectivity index (χ0v) is 14.4. The first-order valence-corrected chi connectivity index (χ1v) is 8.15. The number of nitro benzene ring substituents is 1. The summed E-state index contributed by atoms with van der Waals surface area (Å²) in [6.45, 7) is 0. The smallest absolute Gasteiger partial charge is 0.271 e. The Kier molecular flexibility index (Phi) is 4.13. The number of non-ortho nitro benzene ring substituents is 1. The maximum Gasteiger partial charge on any atom is 0.271 e. The van der Waals surface area contributed by atoms with Crippen LogP contribution < -0.4 is 10.1 Å². The van der Waals surface area contributed by atoms with Gasteiger partial charge < -0.3 is 10.1 Å². The van der Waals surface area contributed by atoms with Crippen LogP contribution in [0.15, 0.2) is 66.9 Å². The number of hydrogen-bond acceptors (Lipinski definition) is 6. The Balaban J connectivity index is 1.64. The van der Waals surface area contributed by atoms with Gasteiger partial charge in [-0.3, -0.25) is 10.1 Å². The van der Waals surface area contributed by atoms with Crippen LogP contribution in [0, 0.1) is 10.1 Å². The predicted molar refractivity (Wildman–Crippen MR) is 101 cm³/mol. The second-order valence-corrected chi connectivity index (χ2v) is 5.81. The second-order valence-electron chi connectivity index (χ2n) is 5.81. The molecule has 0 atom stereocenters. The molecule has 4 aromatic rings. The zero-order chi connectivity index (χ0) is 18.8. The molecule has 134 valence electrons. The monoisotopic (exact) mass is 361 g/mol. The van der Waals surface area contributed by atoms with Crippen molar-refractivity contribution in [3.8, 4) is 17.0 Å². The van der Waals surface area contributed by atoms with Crippen LogP contribution in [0.25, 0.3) is 16.9 Å². The SMILES string of the molecule is COc1cccc(-c2ccc3nc(Nc4cccc([N+](=O)[O-])c4)cn3n2)c1. The normalized spacial score (nSPS) is 10.7. The molecule has 0 aliphatic carbocycles. The molecule has 0 fully saturated rings. The summed E-state index contributed by atoms with van der Waals surface area (Å²) < 4.78 is 6.92. The highest BCUT2D eigenvalue weighted by molar-refractivity contribution is 5.65. The molecule has 4 rings (SSSR count). The first-order valence-electron chi connectivity index (χ1n) is 8.15. The number of benzene rings is 2. The van der Waals surface area contributed by atoms with E-state index in [0.717, 1.165) is 17.0 Å². The summed E-state index contributed by atoms with van der Waals surface area (Å²) in [4.78, 5) is 14.9. The third-order valence-corrected chi connectivity index (χ3v) is 4.01. The van der Waals surface area contributed by atoms with Crippen LogP contribution in [0.3, 0.4) is 0 Å². The van der Waals surface area contributed by atoms with Gasteiger partial charge in [0.2, 0.25) is 0 Å². The predicted octanol–water partition coefficient (Wildman–Crippen LogP) is 4.06. The largest absolute Gasteiger partial charge is 0.497 e. The summed E-state index contributed by atoms with van der Waals surface area (Å²) in [5, 5.41) is 18.6. The van der Waals surface area contributed by atoms with Gasteiger partial charge in [0.1, 0.15) is 5.75 Å². The highest BCUT2D eigenvalue weighted by atomic mass is 16.6. The number of ether oxygens (including phenoxy) is 1. The molecule has 0 aliphatic heterocycles. The third-order valence-electron chi connectivity index (χ3n) is 4.01. The van der Waals surface area contributed by atoms with Crippen molar-refractivity contribution in [2.45, 2.75) is 0 Å². The van der Waals surface area contributed by atoms with E-state index in [-0.39, 0.29) is 5.69 Å². The quantitative estimate of drug-likeness (QED) is 0.425.